The Kier molecular flexibility index (Phi) is 5.98. The summed E-state index contributed by atoms with van der Waals surface area (Å²) in [5, 5.41) is 12.9. The van der Waals surface area contributed by atoms with E-state index >= 15 is 0 Å². The zero-order valence-corrected chi connectivity index (χ0v) is 12.6. The van der Waals surface area contributed by atoms with Crippen molar-refractivity contribution in [2.45, 2.75) is 19.4 Å². The maximum absolute atomic E-state index is 12.2. The average molecular weight is 280 g/mol. The molecule has 0 saturated carbocycles. The topological polar surface area (TPSA) is 61.8 Å². The van der Waals surface area contributed by atoms with Crippen LogP contribution in [0.3, 0.4) is 0 Å². The maximum Gasteiger partial charge on any atom is 0.255 e. The molecule has 5 nitrogen and oxygen atoms in total. The van der Waals surface area contributed by atoms with Crippen molar-refractivity contribution in [1.29, 1.82) is 0 Å². The number of ether oxygens (including phenoxy) is 1. The van der Waals surface area contributed by atoms with Gasteiger partial charge >= 0.3 is 0 Å². The predicted octanol–water partition coefficient (Wildman–Crippen LogP) is 1.13. The second kappa shape index (κ2) is 7.26. The largest absolute Gasteiger partial charge is 0.493 e. The zero-order valence-electron chi connectivity index (χ0n) is 12.6. The van der Waals surface area contributed by atoms with E-state index in [4.69, 9.17) is 4.74 Å². The number of amides is 1. The number of aliphatic hydroxyl groups is 1. The van der Waals surface area contributed by atoms with E-state index < -0.39 is 5.60 Å². The Morgan fingerprint density at radius 1 is 1.40 bits per heavy atom. The molecule has 1 aromatic rings. The van der Waals surface area contributed by atoms with Gasteiger partial charge in [-0.05, 0) is 40.1 Å². The second-order valence-corrected chi connectivity index (χ2v) is 5.35. The van der Waals surface area contributed by atoms with Crippen LogP contribution in [0.2, 0.25) is 0 Å². The van der Waals surface area contributed by atoms with Gasteiger partial charge in [-0.1, -0.05) is 12.1 Å². The van der Waals surface area contributed by atoms with Crippen LogP contribution in [0.15, 0.2) is 24.3 Å². The lowest BCUT2D eigenvalue weighted by molar-refractivity contribution is 0.0325. The average Bonchev–Trinajstić information content (AvgIpc) is 2.36. The highest BCUT2D eigenvalue weighted by atomic mass is 16.5. The van der Waals surface area contributed by atoms with E-state index in [0.717, 1.165) is 0 Å². The standard InChI is InChI=1S/C15H24N2O3/c1-5-20-13-9-7-6-8-12(13)14(18)16-10-15(2,19)11-17(3)4/h6-9,19H,5,10-11H2,1-4H3,(H,16,18). The Morgan fingerprint density at radius 2 is 2.05 bits per heavy atom. The lowest BCUT2D eigenvalue weighted by atomic mass is 10.1. The number of nitrogens with one attached hydrogen (secondary N) is 1. The van der Waals surface area contributed by atoms with Crippen LogP contribution in [0.5, 0.6) is 5.75 Å². The van der Waals surface area contributed by atoms with Crippen LogP contribution in [0.1, 0.15) is 24.2 Å². The van der Waals surface area contributed by atoms with Crippen molar-refractivity contribution < 1.29 is 14.6 Å². The minimum absolute atomic E-state index is 0.185. The third-order valence-electron chi connectivity index (χ3n) is 2.72. The van der Waals surface area contributed by atoms with Gasteiger partial charge in [0.15, 0.2) is 0 Å². The van der Waals surface area contributed by atoms with Crippen molar-refractivity contribution in [1.82, 2.24) is 10.2 Å². The highest BCUT2D eigenvalue weighted by molar-refractivity contribution is 5.96. The van der Waals surface area contributed by atoms with Crippen molar-refractivity contribution in [3.05, 3.63) is 29.8 Å². The number of benzene rings is 1. The molecule has 0 radical (unpaired) electrons. The molecule has 0 fully saturated rings. The molecule has 0 bridgehead atoms. The number of carbonyl (C=O) groups is 1. The first kappa shape index (κ1) is 16.5. The first-order valence-corrected chi connectivity index (χ1v) is 6.73. The van der Waals surface area contributed by atoms with Gasteiger partial charge < -0.3 is 20.1 Å². The summed E-state index contributed by atoms with van der Waals surface area (Å²) in [6.07, 6.45) is 0. The van der Waals surface area contributed by atoms with Crippen LogP contribution < -0.4 is 10.1 Å². The normalized spacial score (nSPS) is 13.9. The first-order chi connectivity index (χ1) is 9.35. The number of hydrogen-bond donors (Lipinski definition) is 2. The Labute approximate surface area is 120 Å². The molecule has 1 aromatic carbocycles. The van der Waals surface area contributed by atoms with Crippen LogP contribution in [0.25, 0.3) is 0 Å². The molecule has 0 aliphatic heterocycles. The Morgan fingerprint density at radius 3 is 2.65 bits per heavy atom. The van der Waals surface area contributed by atoms with E-state index in [0.29, 0.717) is 24.5 Å². The quantitative estimate of drug-likeness (QED) is 0.786. The maximum atomic E-state index is 12.2. The fraction of sp³-hybridized carbons (Fsp3) is 0.533. The van der Waals surface area contributed by atoms with Crippen LogP contribution >= 0.6 is 0 Å². The van der Waals surface area contributed by atoms with Gasteiger partial charge in [-0.15, -0.1) is 0 Å². The molecule has 0 spiro atoms. The van der Waals surface area contributed by atoms with Crippen molar-refractivity contribution in [3.8, 4) is 5.75 Å². The molecule has 20 heavy (non-hydrogen) atoms. The van der Waals surface area contributed by atoms with Crippen molar-refractivity contribution >= 4 is 5.91 Å². The van der Waals surface area contributed by atoms with Crippen molar-refractivity contribution in [2.75, 3.05) is 33.8 Å². The number of para-hydroxylation sites is 1. The molecular formula is C15H24N2O3. The van der Waals surface area contributed by atoms with Gasteiger partial charge in [0.2, 0.25) is 0 Å². The highest BCUT2D eigenvalue weighted by Gasteiger charge is 2.23. The fourth-order valence-corrected chi connectivity index (χ4v) is 2.04. The molecule has 2 N–H and O–H groups in total. The summed E-state index contributed by atoms with van der Waals surface area (Å²) in [6.45, 7) is 4.73. The fourth-order valence-electron chi connectivity index (χ4n) is 2.04. The van der Waals surface area contributed by atoms with Crippen LogP contribution in [-0.2, 0) is 0 Å². The zero-order chi connectivity index (χ0) is 15.2. The number of likely N-dealkylation sites (N-methyl/N-ethyl adjacent to an activating group) is 1. The summed E-state index contributed by atoms with van der Waals surface area (Å²) in [6, 6.07) is 7.08. The van der Waals surface area contributed by atoms with E-state index in [1.165, 1.54) is 0 Å². The summed E-state index contributed by atoms with van der Waals surface area (Å²) >= 11 is 0. The Balaban J connectivity index is 2.68. The molecule has 1 amide bonds. The van der Waals surface area contributed by atoms with Gasteiger partial charge in [0.25, 0.3) is 5.91 Å². The summed E-state index contributed by atoms with van der Waals surface area (Å²) in [5.74, 6) is 0.313. The molecule has 0 aliphatic carbocycles. The third-order valence-corrected chi connectivity index (χ3v) is 2.72. The molecule has 0 saturated heterocycles. The van der Waals surface area contributed by atoms with E-state index in [1.54, 1.807) is 25.1 Å². The highest BCUT2D eigenvalue weighted by Crippen LogP contribution is 2.17. The van der Waals surface area contributed by atoms with Crippen LogP contribution in [-0.4, -0.2) is 55.3 Å². The number of rotatable bonds is 7. The number of hydrogen-bond acceptors (Lipinski definition) is 4. The summed E-state index contributed by atoms with van der Waals surface area (Å²) in [4.78, 5) is 14.0. The number of nitrogens with zero attached hydrogens (tertiary/aromatic N) is 1. The van der Waals surface area contributed by atoms with Gasteiger partial charge in [-0.2, -0.15) is 0 Å². The van der Waals surface area contributed by atoms with E-state index in [1.807, 2.05) is 32.0 Å². The predicted molar refractivity (Wildman–Crippen MR) is 79.1 cm³/mol. The smallest absolute Gasteiger partial charge is 0.255 e. The lowest BCUT2D eigenvalue weighted by Crippen LogP contribution is -2.47. The third kappa shape index (κ3) is 5.19. The summed E-state index contributed by atoms with van der Waals surface area (Å²) in [5.41, 5.74) is -0.491. The minimum atomic E-state index is -0.973. The first-order valence-electron chi connectivity index (χ1n) is 6.73. The van der Waals surface area contributed by atoms with E-state index in [2.05, 4.69) is 5.32 Å². The summed E-state index contributed by atoms with van der Waals surface area (Å²) in [7, 11) is 3.75. The van der Waals surface area contributed by atoms with Gasteiger partial charge in [0.05, 0.1) is 17.8 Å². The molecule has 0 aliphatic rings. The Hall–Kier alpha value is -1.59. The van der Waals surface area contributed by atoms with E-state index in [9.17, 15) is 9.90 Å². The molecule has 1 unspecified atom stereocenters. The minimum Gasteiger partial charge on any atom is -0.493 e. The summed E-state index contributed by atoms with van der Waals surface area (Å²) < 4.78 is 5.42. The van der Waals surface area contributed by atoms with Crippen LogP contribution in [0.4, 0.5) is 0 Å². The van der Waals surface area contributed by atoms with Gasteiger partial charge in [0, 0.05) is 13.1 Å². The van der Waals surface area contributed by atoms with E-state index in [-0.39, 0.29) is 12.5 Å². The number of carbonyl (C=O) groups excluding carboxylic acids is 1. The SMILES string of the molecule is CCOc1ccccc1C(=O)NCC(C)(O)CN(C)C. The molecular weight excluding hydrogens is 256 g/mol. The molecule has 1 atom stereocenters. The van der Waals surface area contributed by atoms with Gasteiger partial charge in [0.1, 0.15) is 5.75 Å². The van der Waals surface area contributed by atoms with Crippen LogP contribution in [0, 0.1) is 0 Å². The molecule has 1 rings (SSSR count). The monoisotopic (exact) mass is 280 g/mol. The lowest BCUT2D eigenvalue weighted by Gasteiger charge is -2.27. The Bertz CT molecular complexity index is 444. The second-order valence-electron chi connectivity index (χ2n) is 5.35. The van der Waals surface area contributed by atoms with Gasteiger partial charge in [-0.3, -0.25) is 4.79 Å². The van der Waals surface area contributed by atoms with Crippen molar-refractivity contribution in [3.63, 3.8) is 0 Å². The van der Waals surface area contributed by atoms with Crippen molar-refractivity contribution in [2.24, 2.45) is 0 Å². The molecule has 0 heterocycles. The van der Waals surface area contributed by atoms with Gasteiger partial charge in [-0.25, -0.2) is 0 Å². The molecule has 5 heteroatoms. The molecule has 112 valence electrons. The molecule has 0 aromatic heterocycles.